The molecule has 2 amide bonds. The summed E-state index contributed by atoms with van der Waals surface area (Å²) in [5, 5.41) is 0.588. The van der Waals surface area contributed by atoms with Gasteiger partial charge in [-0.25, -0.2) is 0 Å². The molecule has 2 aromatic rings. The third kappa shape index (κ3) is 6.52. The van der Waals surface area contributed by atoms with Gasteiger partial charge in [0.2, 0.25) is 5.91 Å². The number of halogens is 1. The van der Waals surface area contributed by atoms with Crippen molar-refractivity contribution in [3.05, 3.63) is 59.1 Å². The van der Waals surface area contributed by atoms with Gasteiger partial charge >= 0.3 is 0 Å². The fourth-order valence-electron chi connectivity index (χ4n) is 1.67. The zero-order chi connectivity index (χ0) is 17.4. The molecule has 0 aromatic heterocycles. The van der Waals surface area contributed by atoms with Gasteiger partial charge in [-0.2, -0.15) is 0 Å². The Morgan fingerprint density at radius 2 is 1.62 bits per heavy atom. The number of hydrogen-bond donors (Lipinski definition) is 2. The molecule has 2 aromatic carbocycles. The van der Waals surface area contributed by atoms with Crippen molar-refractivity contribution >= 4 is 35.2 Å². The molecule has 0 atom stereocenters. The van der Waals surface area contributed by atoms with Gasteiger partial charge in [-0.05, 0) is 43.3 Å². The number of ether oxygens (including phenoxy) is 1. The third-order valence-corrected chi connectivity index (χ3v) is 4.18. The summed E-state index contributed by atoms with van der Waals surface area (Å²) in [5.74, 6) is -0.00339. The number of carbonyl (C=O) groups is 2. The molecule has 0 radical (unpaired) electrons. The highest BCUT2D eigenvalue weighted by Crippen LogP contribution is 2.17. The minimum Gasteiger partial charge on any atom is -0.484 e. The van der Waals surface area contributed by atoms with E-state index in [0.717, 1.165) is 10.5 Å². The largest absolute Gasteiger partial charge is 0.484 e. The first kappa shape index (κ1) is 18.2. The predicted molar refractivity (Wildman–Crippen MR) is 95.1 cm³/mol. The molecule has 5 nitrogen and oxygen atoms in total. The van der Waals surface area contributed by atoms with Crippen molar-refractivity contribution in [2.24, 2.45) is 0 Å². The van der Waals surface area contributed by atoms with Gasteiger partial charge in [0.1, 0.15) is 5.75 Å². The maximum Gasteiger partial charge on any atom is 0.276 e. The molecule has 0 saturated heterocycles. The smallest absolute Gasteiger partial charge is 0.276 e. The molecule has 0 aliphatic heterocycles. The molecule has 7 heteroatoms. The van der Waals surface area contributed by atoms with E-state index in [1.807, 2.05) is 31.2 Å². The van der Waals surface area contributed by atoms with E-state index in [2.05, 4.69) is 10.9 Å². The molecule has 2 N–H and O–H groups in total. The van der Waals surface area contributed by atoms with Gasteiger partial charge in [0.25, 0.3) is 5.91 Å². The van der Waals surface area contributed by atoms with Crippen LogP contribution in [0.4, 0.5) is 0 Å². The van der Waals surface area contributed by atoms with Crippen LogP contribution in [0, 0.1) is 6.92 Å². The second kappa shape index (κ2) is 9.20. The molecule has 0 heterocycles. The first-order valence-corrected chi connectivity index (χ1v) is 8.55. The van der Waals surface area contributed by atoms with Crippen molar-refractivity contribution in [3.63, 3.8) is 0 Å². The lowest BCUT2D eigenvalue weighted by Crippen LogP contribution is -2.44. The number of carbonyl (C=O) groups excluding carboxylic acids is 2. The molecular weight excluding hydrogens is 348 g/mol. The summed E-state index contributed by atoms with van der Waals surface area (Å²) in [5.41, 5.74) is 5.82. The van der Waals surface area contributed by atoms with E-state index in [0.29, 0.717) is 10.8 Å². The van der Waals surface area contributed by atoms with Crippen molar-refractivity contribution in [1.82, 2.24) is 10.9 Å². The quantitative estimate of drug-likeness (QED) is 0.611. The Bertz CT molecular complexity index is 628. The number of rotatable bonds is 6. The van der Waals surface area contributed by atoms with Crippen molar-refractivity contribution in [3.8, 4) is 5.75 Å². The molecule has 0 unspecified atom stereocenters. The third-order valence-electron chi connectivity index (χ3n) is 2.92. The second-order valence-corrected chi connectivity index (χ2v) is 6.43. The number of hydrogen-bond acceptors (Lipinski definition) is 4. The van der Waals surface area contributed by atoms with Crippen LogP contribution in [0.5, 0.6) is 5.75 Å². The monoisotopic (exact) mass is 364 g/mol. The molecule has 0 fully saturated rings. The van der Waals surface area contributed by atoms with E-state index in [4.69, 9.17) is 16.3 Å². The van der Waals surface area contributed by atoms with E-state index in [-0.39, 0.29) is 18.3 Å². The maximum atomic E-state index is 11.7. The molecule has 0 saturated carbocycles. The molecule has 0 bridgehead atoms. The van der Waals surface area contributed by atoms with Gasteiger partial charge in [0, 0.05) is 9.92 Å². The van der Waals surface area contributed by atoms with E-state index in [9.17, 15) is 9.59 Å². The van der Waals surface area contributed by atoms with Crippen LogP contribution in [-0.2, 0) is 9.59 Å². The zero-order valence-corrected chi connectivity index (χ0v) is 14.6. The molecular formula is C17H17ClN2O3S. The number of aryl methyl sites for hydroxylation is 1. The lowest BCUT2D eigenvalue weighted by atomic mass is 10.2. The van der Waals surface area contributed by atoms with Gasteiger partial charge in [-0.1, -0.05) is 29.3 Å². The maximum absolute atomic E-state index is 11.7. The Balaban J connectivity index is 1.64. The van der Waals surface area contributed by atoms with Gasteiger partial charge in [-0.15, -0.1) is 11.8 Å². The van der Waals surface area contributed by atoms with Crippen LogP contribution in [0.1, 0.15) is 5.56 Å². The number of amides is 2. The Hall–Kier alpha value is -2.18. The minimum absolute atomic E-state index is 0.201. The van der Waals surface area contributed by atoms with Gasteiger partial charge < -0.3 is 4.74 Å². The van der Waals surface area contributed by atoms with Crippen LogP contribution in [0.25, 0.3) is 0 Å². The average Bonchev–Trinajstić information content (AvgIpc) is 2.59. The second-order valence-electron chi connectivity index (χ2n) is 4.94. The summed E-state index contributed by atoms with van der Waals surface area (Å²) in [6, 6.07) is 14.5. The Morgan fingerprint density at radius 3 is 2.29 bits per heavy atom. The zero-order valence-electron chi connectivity index (χ0n) is 13.0. The van der Waals surface area contributed by atoms with E-state index in [1.54, 1.807) is 24.3 Å². The molecule has 0 spiro atoms. The molecule has 2 rings (SSSR count). The average molecular weight is 365 g/mol. The number of hydrazine groups is 1. The standard InChI is InChI=1S/C17H17ClN2O3S/c1-12-2-8-15(9-3-12)24-11-17(22)20-19-16(21)10-23-14-6-4-13(18)5-7-14/h2-9H,10-11H2,1H3,(H,19,21)(H,20,22). The SMILES string of the molecule is Cc1ccc(SCC(=O)NNC(=O)COc2ccc(Cl)cc2)cc1. The molecule has 24 heavy (non-hydrogen) atoms. The lowest BCUT2D eigenvalue weighted by molar-refractivity contribution is -0.128. The predicted octanol–water partition coefficient (Wildman–Crippen LogP) is 2.97. The van der Waals surface area contributed by atoms with E-state index >= 15 is 0 Å². The van der Waals surface area contributed by atoms with Crippen LogP contribution < -0.4 is 15.6 Å². The summed E-state index contributed by atoms with van der Waals surface area (Å²) in [7, 11) is 0. The van der Waals surface area contributed by atoms with Gasteiger partial charge in [-0.3, -0.25) is 20.4 Å². The summed E-state index contributed by atoms with van der Waals surface area (Å²) in [4.78, 5) is 24.3. The van der Waals surface area contributed by atoms with Crippen molar-refractivity contribution in [2.45, 2.75) is 11.8 Å². The lowest BCUT2D eigenvalue weighted by Gasteiger charge is -2.09. The highest BCUT2D eigenvalue weighted by molar-refractivity contribution is 8.00. The fourth-order valence-corrected chi connectivity index (χ4v) is 2.50. The number of benzene rings is 2. The van der Waals surface area contributed by atoms with Crippen LogP contribution in [0.3, 0.4) is 0 Å². The fraction of sp³-hybridized carbons (Fsp3) is 0.176. The van der Waals surface area contributed by atoms with E-state index in [1.165, 1.54) is 11.8 Å². The summed E-state index contributed by atoms with van der Waals surface area (Å²) in [6.45, 7) is 1.80. The topological polar surface area (TPSA) is 67.4 Å². The van der Waals surface area contributed by atoms with Crippen LogP contribution in [0.2, 0.25) is 5.02 Å². The summed E-state index contributed by atoms with van der Waals surface area (Å²) >= 11 is 7.15. The van der Waals surface area contributed by atoms with Crippen LogP contribution in [-0.4, -0.2) is 24.2 Å². The normalized spacial score (nSPS) is 10.1. The first-order valence-electron chi connectivity index (χ1n) is 7.18. The molecule has 126 valence electrons. The summed E-state index contributed by atoms with van der Waals surface area (Å²) < 4.78 is 5.27. The highest BCUT2D eigenvalue weighted by Gasteiger charge is 2.06. The van der Waals surface area contributed by atoms with E-state index < -0.39 is 5.91 Å². The van der Waals surface area contributed by atoms with Crippen molar-refractivity contribution in [2.75, 3.05) is 12.4 Å². The van der Waals surface area contributed by atoms with Crippen LogP contribution >= 0.6 is 23.4 Å². The Morgan fingerprint density at radius 1 is 1.00 bits per heavy atom. The Kier molecular flexibility index (Phi) is 6.96. The summed E-state index contributed by atoms with van der Waals surface area (Å²) in [6.07, 6.45) is 0. The number of thioether (sulfide) groups is 1. The van der Waals surface area contributed by atoms with Gasteiger partial charge in [0.05, 0.1) is 5.75 Å². The molecule has 0 aliphatic rings. The van der Waals surface area contributed by atoms with Crippen molar-refractivity contribution < 1.29 is 14.3 Å². The Labute approximate surface area is 149 Å². The molecule has 0 aliphatic carbocycles. The van der Waals surface area contributed by atoms with Gasteiger partial charge in [0.15, 0.2) is 6.61 Å². The first-order chi connectivity index (χ1) is 11.5. The number of nitrogens with one attached hydrogen (secondary N) is 2. The van der Waals surface area contributed by atoms with Crippen molar-refractivity contribution in [1.29, 1.82) is 0 Å². The highest BCUT2D eigenvalue weighted by atomic mass is 35.5. The minimum atomic E-state index is -0.446. The van der Waals surface area contributed by atoms with Crippen LogP contribution in [0.15, 0.2) is 53.4 Å².